The van der Waals surface area contributed by atoms with Crippen LogP contribution >= 0.6 is 0 Å². The standard InChI is InChI=1S/C16H16F2N2O/c1-19-16(21)8-11-2-6-14(7-3-11)20-10-12-4-5-13(17)9-15(12)18/h2-7,9,20H,8,10H2,1H3,(H,19,21). The SMILES string of the molecule is CNC(=O)Cc1ccc(NCc2ccc(F)cc2F)cc1. The Morgan fingerprint density at radius 2 is 1.81 bits per heavy atom. The van der Waals surface area contributed by atoms with Crippen molar-refractivity contribution in [1.29, 1.82) is 0 Å². The Bertz CT molecular complexity index is 627. The second-order valence-corrected chi connectivity index (χ2v) is 4.64. The van der Waals surface area contributed by atoms with Gasteiger partial charge < -0.3 is 10.6 Å². The van der Waals surface area contributed by atoms with E-state index in [0.717, 1.165) is 17.3 Å². The van der Waals surface area contributed by atoms with Gasteiger partial charge in [0.25, 0.3) is 0 Å². The topological polar surface area (TPSA) is 41.1 Å². The average molecular weight is 290 g/mol. The molecular formula is C16H16F2N2O. The van der Waals surface area contributed by atoms with E-state index in [1.54, 1.807) is 7.05 Å². The molecule has 0 aliphatic carbocycles. The molecular weight excluding hydrogens is 274 g/mol. The van der Waals surface area contributed by atoms with E-state index in [1.807, 2.05) is 24.3 Å². The van der Waals surface area contributed by atoms with Crippen molar-refractivity contribution < 1.29 is 13.6 Å². The monoisotopic (exact) mass is 290 g/mol. The van der Waals surface area contributed by atoms with Gasteiger partial charge in [-0.05, 0) is 23.8 Å². The van der Waals surface area contributed by atoms with E-state index in [1.165, 1.54) is 12.1 Å². The van der Waals surface area contributed by atoms with Gasteiger partial charge in [0.05, 0.1) is 6.42 Å². The Hall–Kier alpha value is -2.43. The van der Waals surface area contributed by atoms with Crippen molar-refractivity contribution in [2.75, 3.05) is 12.4 Å². The fourth-order valence-corrected chi connectivity index (χ4v) is 1.88. The number of hydrogen-bond acceptors (Lipinski definition) is 2. The minimum Gasteiger partial charge on any atom is -0.381 e. The summed E-state index contributed by atoms with van der Waals surface area (Å²) in [6.07, 6.45) is 0.323. The normalized spacial score (nSPS) is 10.2. The Morgan fingerprint density at radius 3 is 2.43 bits per heavy atom. The zero-order valence-corrected chi connectivity index (χ0v) is 11.6. The molecule has 1 amide bonds. The fourth-order valence-electron chi connectivity index (χ4n) is 1.88. The van der Waals surface area contributed by atoms with Crippen LogP contribution in [0.25, 0.3) is 0 Å². The molecule has 0 atom stereocenters. The number of halogens is 2. The summed E-state index contributed by atoms with van der Waals surface area (Å²) in [5, 5.41) is 5.61. The van der Waals surface area contributed by atoms with E-state index < -0.39 is 11.6 Å². The number of carbonyl (C=O) groups is 1. The average Bonchev–Trinajstić information content (AvgIpc) is 2.48. The molecule has 0 aromatic heterocycles. The first-order valence-electron chi connectivity index (χ1n) is 6.56. The molecule has 0 aliphatic heterocycles. The van der Waals surface area contributed by atoms with Gasteiger partial charge in [-0.25, -0.2) is 8.78 Å². The highest BCUT2D eigenvalue weighted by atomic mass is 19.1. The highest BCUT2D eigenvalue weighted by Gasteiger charge is 2.04. The van der Waals surface area contributed by atoms with Crippen molar-refractivity contribution in [3.8, 4) is 0 Å². The molecule has 3 nitrogen and oxygen atoms in total. The summed E-state index contributed by atoms with van der Waals surface area (Å²) in [7, 11) is 1.59. The number of likely N-dealkylation sites (N-methyl/N-ethyl adjacent to an activating group) is 1. The smallest absolute Gasteiger partial charge is 0.224 e. The van der Waals surface area contributed by atoms with Crippen molar-refractivity contribution >= 4 is 11.6 Å². The quantitative estimate of drug-likeness (QED) is 0.889. The van der Waals surface area contributed by atoms with Gasteiger partial charge in [0, 0.05) is 30.9 Å². The summed E-state index contributed by atoms with van der Waals surface area (Å²) in [4.78, 5) is 11.2. The zero-order valence-electron chi connectivity index (χ0n) is 11.6. The minimum atomic E-state index is -0.588. The predicted octanol–water partition coefficient (Wildman–Crippen LogP) is 2.87. The van der Waals surface area contributed by atoms with E-state index >= 15 is 0 Å². The Labute approximate surface area is 122 Å². The van der Waals surface area contributed by atoms with Crippen LogP contribution in [0.1, 0.15) is 11.1 Å². The van der Waals surface area contributed by atoms with E-state index in [2.05, 4.69) is 10.6 Å². The minimum absolute atomic E-state index is 0.0518. The van der Waals surface area contributed by atoms with Crippen LogP contribution in [0.2, 0.25) is 0 Å². The van der Waals surface area contributed by atoms with Crippen LogP contribution in [0.4, 0.5) is 14.5 Å². The Morgan fingerprint density at radius 1 is 1.10 bits per heavy atom. The summed E-state index contributed by atoms with van der Waals surface area (Å²) < 4.78 is 26.3. The molecule has 2 aromatic carbocycles. The molecule has 0 saturated carbocycles. The lowest BCUT2D eigenvalue weighted by molar-refractivity contribution is -0.119. The van der Waals surface area contributed by atoms with Crippen LogP contribution in [0, 0.1) is 11.6 Å². The van der Waals surface area contributed by atoms with E-state index in [-0.39, 0.29) is 12.5 Å². The molecule has 0 aliphatic rings. The lowest BCUT2D eigenvalue weighted by Gasteiger charge is -2.08. The second kappa shape index (κ2) is 6.83. The van der Waals surface area contributed by atoms with Crippen molar-refractivity contribution in [1.82, 2.24) is 5.32 Å². The molecule has 110 valence electrons. The van der Waals surface area contributed by atoms with Gasteiger partial charge in [0.2, 0.25) is 5.91 Å². The number of benzene rings is 2. The lowest BCUT2D eigenvalue weighted by atomic mass is 10.1. The van der Waals surface area contributed by atoms with Gasteiger partial charge in [0.1, 0.15) is 11.6 Å². The summed E-state index contributed by atoms with van der Waals surface area (Å²) in [6.45, 7) is 0.265. The first-order valence-corrected chi connectivity index (χ1v) is 6.56. The first kappa shape index (κ1) is 15.0. The van der Waals surface area contributed by atoms with Crippen LogP contribution in [0.5, 0.6) is 0 Å². The van der Waals surface area contributed by atoms with Gasteiger partial charge in [0.15, 0.2) is 0 Å². The van der Waals surface area contributed by atoms with Crippen molar-refractivity contribution in [2.24, 2.45) is 0 Å². The maximum Gasteiger partial charge on any atom is 0.224 e. The zero-order chi connectivity index (χ0) is 15.2. The van der Waals surface area contributed by atoms with Crippen LogP contribution in [-0.4, -0.2) is 13.0 Å². The molecule has 21 heavy (non-hydrogen) atoms. The van der Waals surface area contributed by atoms with Crippen LogP contribution in [-0.2, 0) is 17.8 Å². The third kappa shape index (κ3) is 4.27. The van der Waals surface area contributed by atoms with Crippen molar-refractivity contribution in [3.63, 3.8) is 0 Å². The first-order chi connectivity index (χ1) is 10.1. The molecule has 0 radical (unpaired) electrons. The molecule has 2 rings (SSSR count). The van der Waals surface area contributed by atoms with Gasteiger partial charge in [-0.1, -0.05) is 18.2 Å². The number of nitrogens with one attached hydrogen (secondary N) is 2. The summed E-state index contributed by atoms with van der Waals surface area (Å²) >= 11 is 0. The summed E-state index contributed by atoms with van der Waals surface area (Å²) in [5.74, 6) is -1.21. The number of anilines is 1. The van der Waals surface area contributed by atoms with E-state index in [0.29, 0.717) is 12.0 Å². The lowest BCUT2D eigenvalue weighted by Crippen LogP contribution is -2.19. The Balaban J connectivity index is 1.96. The molecule has 0 saturated heterocycles. The second-order valence-electron chi connectivity index (χ2n) is 4.64. The highest BCUT2D eigenvalue weighted by Crippen LogP contribution is 2.14. The third-order valence-corrected chi connectivity index (χ3v) is 3.10. The van der Waals surface area contributed by atoms with Crippen LogP contribution in [0.15, 0.2) is 42.5 Å². The number of amides is 1. The molecule has 2 N–H and O–H groups in total. The van der Waals surface area contributed by atoms with Gasteiger partial charge in [-0.2, -0.15) is 0 Å². The van der Waals surface area contributed by atoms with Gasteiger partial charge in [-0.15, -0.1) is 0 Å². The number of hydrogen-bond donors (Lipinski definition) is 2. The summed E-state index contributed by atoms with van der Waals surface area (Å²) in [5.41, 5.74) is 2.10. The van der Waals surface area contributed by atoms with Crippen molar-refractivity contribution in [3.05, 3.63) is 65.2 Å². The molecule has 0 heterocycles. The summed E-state index contributed by atoms with van der Waals surface area (Å²) in [6, 6.07) is 10.8. The largest absolute Gasteiger partial charge is 0.381 e. The maximum absolute atomic E-state index is 13.5. The van der Waals surface area contributed by atoms with E-state index in [4.69, 9.17) is 0 Å². The number of carbonyl (C=O) groups excluding carboxylic acids is 1. The van der Waals surface area contributed by atoms with Crippen LogP contribution in [0.3, 0.4) is 0 Å². The molecule has 5 heteroatoms. The molecule has 0 fully saturated rings. The fraction of sp³-hybridized carbons (Fsp3) is 0.188. The van der Waals surface area contributed by atoms with E-state index in [9.17, 15) is 13.6 Å². The third-order valence-electron chi connectivity index (χ3n) is 3.10. The molecule has 0 spiro atoms. The van der Waals surface area contributed by atoms with Crippen LogP contribution < -0.4 is 10.6 Å². The maximum atomic E-state index is 13.5. The Kier molecular flexibility index (Phi) is 4.87. The van der Waals surface area contributed by atoms with Crippen molar-refractivity contribution in [2.45, 2.75) is 13.0 Å². The molecule has 0 bridgehead atoms. The molecule has 2 aromatic rings. The van der Waals surface area contributed by atoms with Gasteiger partial charge in [-0.3, -0.25) is 4.79 Å². The van der Waals surface area contributed by atoms with Gasteiger partial charge >= 0.3 is 0 Å². The predicted molar refractivity (Wildman–Crippen MR) is 77.9 cm³/mol. The molecule has 0 unspecified atom stereocenters. The highest BCUT2D eigenvalue weighted by molar-refractivity contribution is 5.78. The number of rotatable bonds is 5.